The number of rotatable bonds is 4. The number of carbonyl (C=O) groups is 1. The Hall–Kier alpha value is -2.05. The number of aryl methyl sites for hydroxylation is 1. The Morgan fingerprint density at radius 2 is 2.43 bits per heavy atom. The van der Waals surface area contributed by atoms with E-state index in [2.05, 4.69) is 26.6 Å². The Morgan fingerprint density at radius 3 is 3.14 bits per heavy atom. The van der Waals surface area contributed by atoms with Crippen molar-refractivity contribution in [3.05, 3.63) is 16.0 Å². The Morgan fingerprint density at radius 1 is 1.57 bits per heavy atom. The van der Waals surface area contributed by atoms with Gasteiger partial charge in [-0.2, -0.15) is 10.2 Å². The van der Waals surface area contributed by atoms with Gasteiger partial charge < -0.3 is 11.1 Å². The average Bonchev–Trinajstić information content (AvgIpc) is 3.12. The number of nitriles is 1. The molecular formula is C12H12N6OS2. The number of fused-ring (bicyclic) bond motifs is 1. The summed E-state index contributed by atoms with van der Waals surface area (Å²) in [4.78, 5) is 17.1. The number of thiophene rings is 1. The van der Waals surface area contributed by atoms with Gasteiger partial charge in [-0.05, 0) is 24.8 Å². The average molecular weight is 320 g/mol. The summed E-state index contributed by atoms with van der Waals surface area (Å²) in [6.07, 6.45) is 3.01. The van der Waals surface area contributed by atoms with Crippen LogP contribution in [0.4, 0.5) is 10.9 Å². The number of carbonyl (C=O) groups excluding carboxylic acids is 1. The number of H-pyrrole nitrogens is 1. The molecule has 0 saturated carbocycles. The summed E-state index contributed by atoms with van der Waals surface area (Å²) in [5.74, 6) is 0.212. The van der Waals surface area contributed by atoms with Gasteiger partial charge in [0.05, 0.1) is 11.3 Å². The molecule has 0 unspecified atom stereocenters. The zero-order chi connectivity index (χ0) is 14.8. The third kappa shape index (κ3) is 2.86. The zero-order valence-corrected chi connectivity index (χ0v) is 12.6. The van der Waals surface area contributed by atoms with Crippen LogP contribution in [0.2, 0.25) is 0 Å². The minimum absolute atomic E-state index is 0.171. The van der Waals surface area contributed by atoms with Crippen LogP contribution in [-0.2, 0) is 17.6 Å². The second-order valence-corrected chi connectivity index (χ2v) is 6.56. The van der Waals surface area contributed by atoms with Crippen molar-refractivity contribution in [2.75, 3.05) is 16.8 Å². The van der Waals surface area contributed by atoms with Crippen molar-refractivity contribution in [1.82, 2.24) is 15.2 Å². The quantitative estimate of drug-likeness (QED) is 0.735. The summed E-state index contributed by atoms with van der Waals surface area (Å²) >= 11 is 2.70. The summed E-state index contributed by atoms with van der Waals surface area (Å²) in [6.45, 7) is 0. The van der Waals surface area contributed by atoms with E-state index in [0.717, 1.165) is 24.8 Å². The van der Waals surface area contributed by atoms with Gasteiger partial charge in [0.2, 0.25) is 17.0 Å². The van der Waals surface area contributed by atoms with Gasteiger partial charge in [-0.3, -0.25) is 4.79 Å². The Balaban J connectivity index is 1.64. The fraction of sp³-hybridized carbons (Fsp3) is 0.333. The smallest absolute Gasteiger partial charge is 0.235 e. The lowest BCUT2D eigenvalue weighted by atomic mass is 10.1. The van der Waals surface area contributed by atoms with E-state index in [0.29, 0.717) is 15.7 Å². The standard InChI is InChI=1S/C12H12N6OS2/c13-4-7-6-2-1-3-8(6)21-10(7)15-9(19)5-20-12-16-11(14)17-18-12/h1-3,5H2,(H,15,19)(H3,14,16,17,18). The molecule has 0 aliphatic heterocycles. The SMILES string of the molecule is N#Cc1c(NC(=O)CSc2n[nH]c(N)n2)sc2c1CCC2. The Labute approximate surface area is 128 Å². The molecule has 0 bridgehead atoms. The van der Waals surface area contributed by atoms with Crippen molar-refractivity contribution >= 4 is 40.0 Å². The van der Waals surface area contributed by atoms with Crippen molar-refractivity contribution in [2.45, 2.75) is 24.4 Å². The van der Waals surface area contributed by atoms with Crippen molar-refractivity contribution in [3.63, 3.8) is 0 Å². The van der Waals surface area contributed by atoms with Gasteiger partial charge in [0.25, 0.3) is 0 Å². The number of nitrogen functional groups attached to an aromatic ring is 1. The number of nitrogens with one attached hydrogen (secondary N) is 2. The first-order chi connectivity index (χ1) is 10.2. The topological polar surface area (TPSA) is 120 Å². The van der Waals surface area contributed by atoms with Gasteiger partial charge >= 0.3 is 0 Å². The number of anilines is 2. The minimum Gasteiger partial charge on any atom is -0.368 e. The molecule has 108 valence electrons. The molecule has 2 aromatic rings. The first kappa shape index (κ1) is 13.9. The molecule has 0 atom stereocenters. The molecule has 1 aliphatic rings. The van der Waals surface area contributed by atoms with E-state index in [1.165, 1.54) is 28.0 Å². The number of aromatic amines is 1. The zero-order valence-electron chi connectivity index (χ0n) is 11.0. The number of aromatic nitrogens is 3. The van der Waals surface area contributed by atoms with E-state index in [4.69, 9.17) is 5.73 Å². The van der Waals surface area contributed by atoms with Crippen LogP contribution in [0.15, 0.2) is 5.16 Å². The van der Waals surface area contributed by atoms with Crippen molar-refractivity contribution in [2.24, 2.45) is 0 Å². The van der Waals surface area contributed by atoms with Gasteiger partial charge in [-0.1, -0.05) is 11.8 Å². The number of hydrogen-bond acceptors (Lipinski definition) is 7. The van der Waals surface area contributed by atoms with Crippen LogP contribution in [0.25, 0.3) is 0 Å². The molecule has 0 radical (unpaired) electrons. The summed E-state index contributed by atoms with van der Waals surface area (Å²) in [6, 6.07) is 2.20. The van der Waals surface area contributed by atoms with E-state index in [-0.39, 0.29) is 17.6 Å². The van der Waals surface area contributed by atoms with Crippen LogP contribution in [0.1, 0.15) is 22.4 Å². The van der Waals surface area contributed by atoms with Crippen LogP contribution in [0, 0.1) is 11.3 Å². The maximum Gasteiger partial charge on any atom is 0.235 e. The monoisotopic (exact) mass is 320 g/mol. The normalized spacial score (nSPS) is 12.9. The predicted octanol–water partition coefficient (Wildman–Crippen LogP) is 1.54. The molecule has 0 aromatic carbocycles. The van der Waals surface area contributed by atoms with E-state index < -0.39 is 0 Å². The highest BCUT2D eigenvalue weighted by molar-refractivity contribution is 7.99. The molecule has 0 spiro atoms. The third-order valence-corrected chi connectivity index (χ3v) is 5.16. The molecule has 9 heteroatoms. The van der Waals surface area contributed by atoms with Crippen LogP contribution < -0.4 is 11.1 Å². The van der Waals surface area contributed by atoms with E-state index in [1.807, 2.05) is 0 Å². The summed E-state index contributed by atoms with van der Waals surface area (Å²) in [5.41, 5.74) is 7.13. The van der Waals surface area contributed by atoms with Gasteiger partial charge in [-0.25, -0.2) is 5.10 Å². The highest BCUT2D eigenvalue weighted by Crippen LogP contribution is 2.38. The lowest BCUT2D eigenvalue weighted by Gasteiger charge is -2.02. The second-order valence-electron chi connectivity index (χ2n) is 4.51. The van der Waals surface area contributed by atoms with Gasteiger partial charge in [0.1, 0.15) is 11.1 Å². The predicted molar refractivity (Wildman–Crippen MR) is 81.2 cm³/mol. The molecule has 2 aromatic heterocycles. The molecule has 21 heavy (non-hydrogen) atoms. The summed E-state index contributed by atoms with van der Waals surface area (Å²) in [5, 5.41) is 19.5. The van der Waals surface area contributed by atoms with Crippen LogP contribution in [-0.4, -0.2) is 26.8 Å². The third-order valence-electron chi connectivity index (χ3n) is 3.10. The van der Waals surface area contributed by atoms with Gasteiger partial charge in [0.15, 0.2) is 0 Å². The molecule has 0 fully saturated rings. The second kappa shape index (κ2) is 5.75. The van der Waals surface area contributed by atoms with E-state index in [9.17, 15) is 10.1 Å². The fourth-order valence-electron chi connectivity index (χ4n) is 2.23. The molecule has 1 amide bonds. The molecule has 4 N–H and O–H groups in total. The first-order valence-electron chi connectivity index (χ1n) is 6.32. The Bertz CT molecular complexity index is 729. The Kier molecular flexibility index (Phi) is 3.81. The number of thioether (sulfide) groups is 1. The number of hydrogen-bond donors (Lipinski definition) is 3. The molecular weight excluding hydrogens is 308 g/mol. The lowest BCUT2D eigenvalue weighted by molar-refractivity contribution is -0.113. The number of nitrogens with two attached hydrogens (primary N) is 1. The van der Waals surface area contributed by atoms with Crippen molar-refractivity contribution in [1.29, 1.82) is 5.26 Å². The van der Waals surface area contributed by atoms with Crippen LogP contribution in [0.3, 0.4) is 0 Å². The number of nitrogens with zero attached hydrogens (tertiary/aromatic N) is 3. The summed E-state index contributed by atoms with van der Waals surface area (Å²) in [7, 11) is 0. The molecule has 0 saturated heterocycles. The highest BCUT2D eigenvalue weighted by Gasteiger charge is 2.23. The fourth-order valence-corrected chi connectivity index (χ4v) is 4.09. The highest BCUT2D eigenvalue weighted by atomic mass is 32.2. The summed E-state index contributed by atoms with van der Waals surface area (Å²) < 4.78 is 0. The molecule has 1 aliphatic carbocycles. The van der Waals surface area contributed by atoms with Gasteiger partial charge in [-0.15, -0.1) is 16.4 Å². The van der Waals surface area contributed by atoms with Crippen LogP contribution >= 0.6 is 23.1 Å². The van der Waals surface area contributed by atoms with E-state index in [1.54, 1.807) is 0 Å². The lowest BCUT2D eigenvalue weighted by Crippen LogP contribution is -2.14. The van der Waals surface area contributed by atoms with E-state index >= 15 is 0 Å². The van der Waals surface area contributed by atoms with Gasteiger partial charge in [0, 0.05) is 4.88 Å². The van der Waals surface area contributed by atoms with Crippen molar-refractivity contribution < 1.29 is 4.79 Å². The maximum absolute atomic E-state index is 12.0. The van der Waals surface area contributed by atoms with Crippen LogP contribution in [0.5, 0.6) is 0 Å². The molecule has 3 rings (SSSR count). The maximum atomic E-state index is 12.0. The number of amides is 1. The minimum atomic E-state index is -0.181. The largest absolute Gasteiger partial charge is 0.368 e. The molecule has 7 nitrogen and oxygen atoms in total. The molecule has 2 heterocycles. The first-order valence-corrected chi connectivity index (χ1v) is 8.12. The van der Waals surface area contributed by atoms with Crippen molar-refractivity contribution in [3.8, 4) is 6.07 Å².